The number of halogens is 3. The summed E-state index contributed by atoms with van der Waals surface area (Å²) in [6.45, 7) is 3.22. The van der Waals surface area contributed by atoms with Crippen molar-refractivity contribution >= 4 is 41.5 Å². The maximum atomic E-state index is 14.1. The molecule has 1 saturated carbocycles. The predicted octanol–water partition coefficient (Wildman–Crippen LogP) is 3.18. The third-order valence-corrected chi connectivity index (χ3v) is 4.66. The third kappa shape index (κ3) is 4.64. The van der Waals surface area contributed by atoms with E-state index in [1.165, 1.54) is 12.4 Å². The van der Waals surface area contributed by atoms with Gasteiger partial charge in [0.2, 0.25) is 0 Å². The summed E-state index contributed by atoms with van der Waals surface area (Å²) in [6.07, 6.45) is 2.37. The summed E-state index contributed by atoms with van der Waals surface area (Å²) in [6, 6.07) is 4.95. The highest BCUT2D eigenvalue weighted by Gasteiger charge is 2.42. The molecule has 0 amide bonds. The maximum absolute atomic E-state index is 14.1. The molecule has 3 rings (SSSR count). The van der Waals surface area contributed by atoms with Gasteiger partial charge in [-0.25, -0.2) is 9.37 Å². The lowest BCUT2D eigenvalue weighted by molar-refractivity contribution is 0.446. The van der Waals surface area contributed by atoms with E-state index in [0.29, 0.717) is 23.7 Å². The second-order valence-corrected chi connectivity index (χ2v) is 6.59. The second-order valence-electron chi connectivity index (χ2n) is 6.18. The van der Waals surface area contributed by atoms with Gasteiger partial charge in [0.25, 0.3) is 0 Å². The lowest BCUT2D eigenvalue weighted by Gasteiger charge is -2.22. The predicted molar refractivity (Wildman–Crippen MR) is 112 cm³/mol. The summed E-state index contributed by atoms with van der Waals surface area (Å²) in [7, 11) is 3.81. The van der Waals surface area contributed by atoms with Gasteiger partial charge in [-0.1, -0.05) is 17.7 Å². The summed E-state index contributed by atoms with van der Waals surface area (Å²) < 4.78 is 15.8. The summed E-state index contributed by atoms with van der Waals surface area (Å²) in [5, 5.41) is 7.98. The van der Waals surface area contributed by atoms with Crippen molar-refractivity contribution in [2.75, 3.05) is 13.6 Å². The average molecular weight is 493 g/mol. The maximum Gasteiger partial charge on any atom is 0.194 e. The van der Waals surface area contributed by atoms with E-state index in [-0.39, 0.29) is 41.8 Å². The highest BCUT2D eigenvalue weighted by atomic mass is 127. The second kappa shape index (κ2) is 8.98. The Hall–Kier alpha value is -1.42. The number of guanidine groups is 1. The molecule has 26 heavy (non-hydrogen) atoms. The molecule has 2 aromatic rings. The van der Waals surface area contributed by atoms with E-state index in [9.17, 15) is 4.39 Å². The molecule has 2 atom stereocenters. The highest BCUT2D eigenvalue weighted by Crippen LogP contribution is 2.44. The Balaban J connectivity index is 0.00000243. The molecule has 1 aromatic carbocycles. The van der Waals surface area contributed by atoms with E-state index in [0.717, 1.165) is 18.2 Å². The van der Waals surface area contributed by atoms with Crippen molar-refractivity contribution in [3.63, 3.8) is 0 Å². The Bertz CT molecular complexity index is 760. The monoisotopic (exact) mass is 492 g/mol. The molecule has 0 radical (unpaired) electrons. The minimum atomic E-state index is -0.247. The Kier molecular flexibility index (Phi) is 7.22. The highest BCUT2D eigenvalue weighted by molar-refractivity contribution is 14.0. The fraction of sp³-hybridized carbons (Fsp3) is 0.471. The smallest absolute Gasteiger partial charge is 0.194 e. The standard InChI is InChI=1S/C17H22ClFN6.HI/c1-4-20-17(24(2)9-15-21-10-22-25(15)3)23-14-8-11(14)16-12(18)6-5-7-13(16)19;/h5-7,10-11,14H,4,8-9H2,1-3H3,(H,20,23);1H. The van der Waals surface area contributed by atoms with Crippen LogP contribution in [0.25, 0.3) is 0 Å². The number of hydrogen-bond donors (Lipinski definition) is 1. The van der Waals surface area contributed by atoms with Crippen molar-refractivity contribution in [2.24, 2.45) is 12.0 Å². The fourth-order valence-corrected chi connectivity index (χ4v) is 3.18. The average Bonchev–Trinajstić information content (AvgIpc) is 3.20. The Morgan fingerprint density at radius 1 is 1.50 bits per heavy atom. The first-order chi connectivity index (χ1) is 12.0. The van der Waals surface area contributed by atoms with Gasteiger partial charge in [0.15, 0.2) is 5.96 Å². The van der Waals surface area contributed by atoms with Crippen LogP contribution in [0.5, 0.6) is 0 Å². The van der Waals surface area contributed by atoms with Crippen LogP contribution in [0.2, 0.25) is 5.02 Å². The van der Waals surface area contributed by atoms with Crippen molar-refractivity contribution in [1.82, 2.24) is 25.0 Å². The number of nitrogens with one attached hydrogen (secondary N) is 1. The normalized spacial score (nSPS) is 19.0. The van der Waals surface area contributed by atoms with Crippen LogP contribution < -0.4 is 5.32 Å². The molecule has 1 aromatic heterocycles. The van der Waals surface area contributed by atoms with Crippen LogP contribution in [0.3, 0.4) is 0 Å². The summed E-state index contributed by atoms with van der Waals surface area (Å²) in [5.74, 6) is 1.44. The van der Waals surface area contributed by atoms with E-state index in [4.69, 9.17) is 11.6 Å². The van der Waals surface area contributed by atoms with E-state index in [2.05, 4.69) is 20.4 Å². The first-order valence-corrected chi connectivity index (χ1v) is 8.68. The van der Waals surface area contributed by atoms with Gasteiger partial charge >= 0.3 is 0 Å². The zero-order valence-electron chi connectivity index (χ0n) is 15.0. The molecule has 1 heterocycles. The van der Waals surface area contributed by atoms with Gasteiger partial charge in [-0.2, -0.15) is 5.10 Å². The third-order valence-electron chi connectivity index (χ3n) is 4.33. The number of aliphatic imine (C=N–C) groups is 1. The largest absolute Gasteiger partial charge is 0.353 e. The number of aryl methyl sites for hydroxylation is 1. The van der Waals surface area contributed by atoms with Gasteiger partial charge in [0.05, 0.1) is 6.54 Å². The van der Waals surface area contributed by atoms with Crippen molar-refractivity contribution in [1.29, 1.82) is 0 Å². The van der Waals surface area contributed by atoms with Crippen molar-refractivity contribution < 1.29 is 4.39 Å². The van der Waals surface area contributed by atoms with Gasteiger partial charge in [0, 0.05) is 43.2 Å². The fourth-order valence-electron chi connectivity index (χ4n) is 2.88. The molecule has 0 spiro atoms. The van der Waals surface area contributed by atoms with Crippen LogP contribution in [-0.2, 0) is 13.6 Å². The molecular formula is C17H23ClFIN6. The quantitative estimate of drug-likeness (QED) is 0.396. The zero-order valence-corrected chi connectivity index (χ0v) is 18.1. The number of nitrogens with zero attached hydrogens (tertiary/aromatic N) is 5. The van der Waals surface area contributed by atoms with Crippen molar-refractivity contribution in [2.45, 2.75) is 31.8 Å². The Morgan fingerprint density at radius 2 is 2.27 bits per heavy atom. The minimum absolute atomic E-state index is 0. The molecule has 2 unspecified atom stereocenters. The van der Waals surface area contributed by atoms with Crippen LogP contribution in [0.1, 0.15) is 30.7 Å². The lowest BCUT2D eigenvalue weighted by atomic mass is 10.1. The first kappa shape index (κ1) is 20.9. The SMILES string of the molecule is CCN=C(NC1CC1c1c(F)cccc1Cl)N(C)Cc1ncnn1C.I. The minimum Gasteiger partial charge on any atom is -0.353 e. The van der Waals surface area contributed by atoms with Gasteiger partial charge in [-0.05, 0) is 25.5 Å². The van der Waals surface area contributed by atoms with E-state index < -0.39 is 0 Å². The Labute approximate surface area is 174 Å². The molecule has 0 aliphatic heterocycles. The summed E-state index contributed by atoms with van der Waals surface area (Å²) >= 11 is 6.18. The Morgan fingerprint density at radius 3 is 2.88 bits per heavy atom. The van der Waals surface area contributed by atoms with Crippen LogP contribution in [0, 0.1) is 5.82 Å². The zero-order chi connectivity index (χ0) is 18.0. The van der Waals surface area contributed by atoms with Gasteiger partial charge in [-0.15, -0.1) is 24.0 Å². The number of hydrogen-bond acceptors (Lipinski definition) is 3. The number of rotatable bonds is 5. The van der Waals surface area contributed by atoms with Crippen LogP contribution in [-0.4, -0.2) is 45.3 Å². The lowest BCUT2D eigenvalue weighted by Crippen LogP contribution is -2.40. The molecule has 142 valence electrons. The number of benzene rings is 1. The van der Waals surface area contributed by atoms with Gasteiger partial charge < -0.3 is 10.2 Å². The summed E-state index contributed by atoms with van der Waals surface area (Å²) in [5.41, 5.74) is 0.591. The van der Waals surface area contributed by atoms with E-state index >= 15 is 0 Å². The topological polar surface area (TPSA) is 58.3 Å². The molecule has 1 fully saturated rings. The molecule has 9 heteroatoms. The van der Waals surface area contributed by atoms with E-state index in [1.54, 1.807) is 16.8 Å². The molecule has 1 N–H and O–H groups in total. The van der Waals surface area contributed by atoms with Gasteiger partial charge in [-0.3, -0.25) is 9.67 Å². The molecule has 6 nitrogen and oxygen atoms in total. The molecule has 0 saturated heterocycles. The van der Waals surface area contributed by atoms with Crippen LogP contribution in [0.15, 0.2) is 29.5 Å². The molecule has 1 aliphatic rings. The van der Waals surface area contributed by atoms with Crippen LogP contribution in [0.4, 0.5) is 4.39 Å². The van der Waals surface area contributed by atoms with Crippen molar-refractivity contribution in [3.8, 4) is 0 Å². The molecule has 1 aliphatic carbocycles. The first-order valence-electron chi connectivity index (χ1n) is 8.30. The van der Waals surface area contributed by atoms with Gasteiger partial charge in [0.1, 0.15) is 18.0 Å². The molecular weight excluding hydrogens is 470 g/mol. The van der Waals surface area contributed by atoms with Crippen LogP contribution >= 0.6 is 35.6 Å². The number of aromatic nitrogens is 3. The van der Waals surface area contributed by atoms with Crippen molar-refractivity contribution in [3.05, 3.63) is 46.8 Å². The molecule has 0 bridgehead atoms. The summed E-state index contributed by atoms with van der Waals surface area (Å²) in [4.78, 5) is 10.8. The van der Waals surface area contributed by atoms with E-state index in [1.807, 2.05) is 25.9 Å².